The lowest BCUT2D eigenvalue weighted by Gasteiger charge is -2.40. The van der Waals surface area contributed by atoms with Crippen LogP contribution in [0.5, 0.6) is 0 Å². The summed E-state index contributed by atoms with van der Waals surface area (Å²) < 4.78 is 11.3. The molecule has 1 rings (SSSR count). The molecule has 1 aliphatic rings. The molecule has 0 spiro atoms. The van der Waals surface area contributed by atoms with E-state index in [9.17, 15) is 30.3 Å². The number of ether oxygens (including phenoxy) is 2. The Labute approximate surface area is 478 Å². The molecule has 7 unspecified atom stereocenters. The van der Waals surface area contributed by atoms with Crippen LogP contribution in [0, 0.1) is 0 Å². The first-order valence-electron chi connectivity index (χ1n) is 31.7. The van der Waals surface area contributed by atoms with E-state index in [1.165, 1.54) is 116 Å². The van der Waals surface area contributed by atoms with Crippen molar-refractivity contribution in [3.8, 4) is 0 Å². The SMILES string of the molecule is CC/C=C\C/C=C\C/C=C\C/C=C\C/C=C\C/C=C\C/C=C\C/C=C\C/C=C\C/C=C\CCCCCCCCCCCCC(=O)NC(COC1OC(CO)C(O)C(O)C1O)C(O)CCCCCCCCCCCCCCCC. The maximum atomic E-state index is 13.1. The first-order chi connectivity index (χ1) is 38.3. The Morgan fingerprint density at radius 3 is 1.18 bits per heavy atom. The molecule has 0 saturated carbocycles. The van der Waals surface area contributed by atoms with Gasteiger partial charge in [0.1, 0.15) is 24.4 Å². The molecule has 6 N–H and O–H groups in total. The van der Waals surface area contributed by atoms with Crippen molar-refractivity contribution in [2.24, 2.45) is 0 Å². The zero-order chi connectivity index (χ0) is 56.5. The van der Waals surface area contributed by atoms with Gasteiger partial charge in [0, 0.05) is 6.42 Å². The van der Waals surface area contributed by atoms with Gasteiger partial charge in [-0.25, -0.2) is 0 Å². The fourth-order valence-corrected chi connectivity index (χ4v) is 9.37. The van der Waals surface area contributed by atoms with Gasteiger partial charge in [-0.05, 0) is 89.9 Å². The Balaban J connectivity index is 2.12. The quantitative estimate of drug-likeness (QED) is 0.0261. The summed E-state index contributed by atoms with van der Waals surface area (Å²) in [6.45, 7) is 3.72. The zero-order valence-corrected chi connectivity index (χ0v) is 49.6. The number of carbonyl (C=O) groups excluding carboxylic acids is 1. The molecule has 9 nitrogen and oxygen atoms in total. The predicted octanol–water partition coefficient (Wildman–Crippen LogP) is 16.7. The van der Waals surface area contributed by atoms with E-state index >= 15 is 0 Å². The molecule has 0 aliphatic carbocycles. The molecular formula is C69H117NO8. The first kappa shape index (κ1) is 72.6. The molecule has 0 aromatic carbocycles. The molecule has 1 saturated heterocycles. The second-order valence-electron chi connectivity index (χ2n) is 21.5. The molecule has 0 radical (unpaired) electrons. The second-order valence-corrected chi connectivity index (χ2v) is 21.5. The number of unbranched alkanes of at least 4 members (excludes halogenated alkanes) is 23. The Bertz CT molecular complexity index is 1640. The van der Waals surface area contributed by atoms with Crippen LogP contribution in [0.3, 0.4) is 0 Å². The third kappa shape index (κ3) is 45.3. The molecule has 1 aliphatic heterocycles. The monoisotopic (exact) mass is 1090 g/mol. The van der Waals surface area contributed by atoms with Crippen LogP contribution in [0.1, 0.15) is 251 Å². The van der Waals surface area contributed by atoms with Gasteiger partial charge in [0.15, 0.2) is 6.29 Å². The van der Waals surface area contributed by atoms with Gasteiger partial charge < -0.3 is 40.3 Å². The summed E-state index contributed by atoms with van der Waals surface area (Å²) >= 11 is 0. The molecule has 1 fully saturated rings. The van der Waals surface area contributed by atoms with Crippen molar-refractivity contribution < 1.29 is 39.8 Å². The molecule has 0 bridgehead atoms. The summed E-state index contributed by atoms with van der Waals surface area (Å²) in [6, 6.07) is -0.728. The highest BCUT2D eigenvalue weighted by Crippen LogP contribution is 2.23. The number of rotatable bonds is 53. The summed E-state index contributed by atoms with van der Waals surface area (Å²) in [5.74, 6) is -0.153. The molecular weight excluding hydrogens is 971 g/mol. The Kier molecular flexibility index (Phi) is 52.9. The van der Waals surface area contributed by atoms with Crippen LogP contribution in [0.25, 0.3) is 0 Å². The van der Waals surface area contributed by atoms with E-state index in [2.05, 4.69) is 141 Å². The minimum atomic E-state index is -1.56. The van der Waals surface area contributed by atoms with Crippen LogP contribution in [0.15, 0.2) is 122 Å². The molecule has 0 aromatic rings. The number of hydrogen-bond donors (Lipinski definition) is 6. The average Bonchev–Trinajstić information content (AvgIpc) is 3.46. The van der Waals surface area contributed by atoms with Crippen molar-refractivity contribution in [1.82, 2.24) is 5.32 Å². The van der Waals surface area contributed by atoms with Crippen molar-refractivity contribution in [3.05, 3.63) is 122 Å². The standard InChI is InChI=1S/C69H117NO8/c1-3-5-7-9-11-13-15-17-19-20-21-22-23-24-25-26-27-28-29-30-31-32-33-34-35-36-37-38-39-40-41-42-43-44-45-47-49-51-53-55-57-59-65(73)70-62(61-77-69-68(76)67(75)66(74)64(60-71)78-69)63(72)58-56-54-52-50-48-46-18-16-14-12-10-8-6-4-2/h5,7,11,13,17,19,21-22,24-25,27-28,30-31,33-34,36-37,39-40,62-64,66-69,71-72,74-76H,3-4,6,8-10,12,14-16,18,20,23,26,29,32,35,38,41-61H2,1-2H3,(H,70,73)/b7-5-,13-11-,19-17-,22-21-,25-24-,28-27-,31-30-,34-33-,37-36-,40-39-. The average molecular weight is 1090 g/mol. The first-order valence-corrected chi connectivity index (χ1v) is 31.7. The van der Waals surface area contributed by atoms with Crippen molar-refractivity contribution in [2.75, 3.05) is 13.2 Å². The number of nitrogens with one attached hydrogen (secondary N) is 1. The largest absolute Gasteiger partial charge is 0.394 e. The number of amides is 1. The third-order valence-corrected chi connectivity index (χ3v) is 14.3. The number of carbonyl (C=O) groups is 1. The van der Waals surface area contributed by atoms with Crippen molar-refractivity contribution in [3.63, 3.8) is 0 Å². The van der Waals surface area contributed by atoms with Gasteiger partial charge in [-0.3, -0.25) is 4.79 Å². The number of aliphatic hydroxyl groups excluding tert-OH is 5. The summed E-state index contributed by atoms with van der Waals surface area (Å²) in [4.78, 5) is 13.1. The maximum Gasteiger partial charge on any atom is 0.220 e. The van der Waals surface area contributed by atoms with E-state index in [0.717, 1.165) is 109 Å². The lowest BCUT2D eigenvalue weighted by Crippen LogP contribution is -2.60. The fourth-order valence-electron chi connectivity index (χ4n) is 9.37. The Morgan fingerprint density at radius 1 is 0.449 bits per heavy atom. The highest BCUT2D eigenvalue weighted by molar-refractivity contribution is 5.76. The second kappa shape index (κ2) is 56.8. The molecule has 7 atom stereocenters. The van der Waals surface area contributed by atoms with Gasteiger partial charge in [0.25, 0.3) is 0 Å². The van der Waals surface area contributed by atoms with E-state index in [4.69, 9.17) is 9.47 Å². The number of hydrogen-bond acceptors (Lipinski definition) is 8. The Hall–Kier alpha value is -3.41. The van der Waals surface area contributed by atoms with Crippen molar-refractivity contribution >= 4 is 5.91 Å². The minimum absolute atomic E-state index is 0.145. The molecule has 0 aromatic heterocycles. The highest BCUT2D eigenvalue weighted by Gasteiger charge is 2.44. The van der Waals surface area contributed by atoms with Crippen molar-refractivity contribution in [1.29, 1.82) is 0 Å². The predicted molar refractivity (Wildman–Crippen MR) is 331 cm³/mol. The summed E-state index contributed by atoms with van der Waals surface area (Å²) in [7, 11) is 0. The third-order valence-electron chi connectivity index (χ3n) is 14.3. The molecule has 78 heavy (non-hydrogen) atoms. The van der Waals surface area contributed by atoms with Crippen LogP contribution in [0.2, 0.25) is 0 Å². The van der Waals surface area contributed by atoms with Crippen LogP contribution in [-0.4, -0.2) is 87.5 Å². The van der Waals surface area contributed by atoms with E-state index in [1.54, 1.807) is 0 Å². The summed E-state index contributed by atoms with van der Waals surface area (Å²) in [6.07, 6.45) is 78.1. The maximum absolute atomic E-state index is 13.1. The smallest absolute Gasteiger partial charge is 0.220 e. The molecule has 1 amide bonds. The van der Waals surface area contributed by atoms with Crippen LogP contribution in [-0.2, 0) is 14.3 Å². The van der Waals surface area contributed by atoms with Crippen molar-refractivity contribution in [2.45, 2.75) is 294 Å². The van der Waals surface area contributed by atoms with Crippen LogP contribution < -0.4 is 5.32 Å². The zero-order valence-electron chi connectivity index (χ0n) is 49.6. The van der Waals surface area contributed by atoms with Gasteiger partial charge in [0.05, 0.1) is 25.4 Å². The number of allylic oxidation sites excluding steroid dienone is 20. The van der Waals surface area contributed by atoms with Gasteiger partial charge in [-0.2, -0.15) is 0 Å². The normalized spacial score (nSPS) is 19.5. The van der Waals surface area contributed by atoms with E-state index < -0.39 is 49.5 Å². The van der Waals surface area contributed by atoms with Gasteiger partial charge in [-0.1, -0.05) is 277 Å². The van der Waals surface area contributed by atoms with Gasteiger partial charge in [-0.15, -0.1) is 0 Å². The summed E-state index contributed by atoms with van der Waals surface area (Å²) in [5.41, 5.74) is 0. The van der Waals surface area contributed by atoms with E-state index in [-0.39, 0.29) is 12.5 Å². The Morgan fingerprint density at radius 2 is 0.795 bits per heavy atom. The summed E-state index contributed by atoms with van der Waals surface area (Å²) in [5, 5.41) is 54.7. The lowest BCUT2D eigenvalue weighted by atomic mass is 9.99. The van der Waals surface area contributed by atoms with Gasteiger partial charge >= 0.3 is 0 Å². The molecule has 9 heteroatoms. The lowest BCUT2D eigenvalue weighted by molar-refractivity contribution is -0.302. The van der Waals surface area contributed by atoms with E-state index in [1.807, 2.05) is 0 Å². The number of aliphatic hydroxyl groups is 5. The van der Waals surface area contributed by atoms with Crippen LogP contribution >= 0.6 is 0 Å². The van der Waals surface area contributed by atoms with E-state index in [0.29, 0.717) is 12.8 Å². The fraction of sp³-hybridized carbons (Fsp3) is 0.696. The highest BCUT2D eigenvalue weighted by atomic mass is 16.7. The molecule has 446 valence electrons. The van der Waals surface area contributed by atoms with Gasteiger partial charge in [0.2, 0.25) is 5.91 Å². The minimum Gasteiger partial charge on any atom is -0.394 e. The topological polar surface area (TPSA) is 149 Å². The van der Waals surface area contributed by atoms with Crippen LogP contribution in [0.4, 0.5) is 0 Å². The molecule has 1 heterocycles.